The van der Waals surface area contributed by atoms with E-state index in [9.17, 15) is 14.9 Å². The summed E-state index contributed by atoms with van der Waals surface area (Å²) in [4.78, 5) is 22.6. The van der Waals surface area contributed by atoms with Gasteiger partial charge in [-0.1, -0.05) is 23.2 Å². The maximum atomic E-state index is 12.3. The Morgan fingerprint density at radius 1 is 1.21 bits per heavy atom. The molecule has 1 heterocycles. The van der Waals surface area contributed by atoms with Gasteiger partial charge in [0.2, 0.25) is 0 Å². The summed E-state index contributed by atoms with van der Waals surface area (Å²) in [5.41, 5.74) is 2.63. The van der Waals surface area contributed by atoms with E-state index < -0.39 is 10.8 Å². The average molecular weight is 434 g/mol. The Morgan fingerprint density at radius 2 is 2.00 bits per heavy atom. The van der Waals surface area contributed by atoms with Gasteiger partial charge in [0, 0.05) is 22.7 Å². The van der Waals surface area contributed by atoms with Crippen molar-refractivity contribution in [3.05, 3.63) is 80.0 Å². The number of furan rings is 1. The number of carbonyl (C=O) groups is 1. The lowest BCUT2D eigenvalue weighted by molar-refractivity contribution is -0.384. The van der Waals surface area contributed by atoms with Gasteiger partial charge in [-0.2, -0.15) is 5.10 Å². The summed E-state index contributed by atoms with van der Waals surface area (Å²) < 4.78 is 10.7. The molecule has 8 nitrogen and oxygen atoms in total. The van der Waals surface area contributed by atoms with E-state index in [2.05, 4.69) is 10.5 Å². The number of carbonyl (C=O) groups excluding carboxylic acids is 1. The average Bonchev–Trinajstić information content (AvgIpc) is 3.17. The number of hydrogen-bond acceptors (Lipinski definition) is 6. The summed E-state index contributed by atoms with van der Waals surface area (Å²) in [6.07, 6.45) is 1.28. The van der Waals surface area contributed by atoms with E-state index in [1.54, 1.807) is 30.3 Å². The SMILES string of the molecule is COc1ccc([N+](=O)[O-])cc1C(=O)N/N=C\c1ccc(-c2cc(Cl)ccc2Cl)o1. The number of rotatable bonds is 6. The van der Waals surface area contributed by atoms with Crippen molar-refractivity contribution in [1.82, 2.24) is 5.43 Å². The Morgan fingerprint density at radius 3 is 2.72 bits per heavy atom. The van der Waals surface area contributed by atoms with E-state index in [4.69, 9.17) is 32.4 Å². The highest BCUT2D eigenvalue weighted by Gasteiger charge is 2.17. The van der Waals surface area contributed by atoms with Crippen LogP contribution < -0.4 is 10.2 Å². The molecule has 0 aliphatic heterocycles. The Balaban J connectivity index is 1.75. The standard InChI is InChI=1S/C19H13Cl2N3O5/c1-28-17-6-3-12(24(26)27)9-15(17)19(25)23-22-10-13-4-7-18(29-13)14-8-11(20)2-5-16(14)21/h2-10H,1H3,(H,23,25)/b22-10-. The van der Waals surface area contributed by atoms with Crippen LogP contribution in [0.5, 0.6) is 5.75 Å². The molecule has 1 amide bonds. The van der Waals surface area contributed by atoms with Crippen molar-refractivity contribution < 1.29 is 18.9 Å². The molecular weight excluding hydrogens is 421 g/mol. The third kappa shape index (κ3) is 4.74. The van der Waals surface area contributed by atoms with Gasteiger partial charge in [-0.25, -0.2) is 5.43 Å². The number of amides is 1. The molecule has 0 aliphatic rings. The van der Waals surface area contributed by atoms with E-state index in [-0.39, 0.29) is 17.0 Å². The molecule has 0 aliphatic carbocycles. The second kappa shape index (κ2) is 8.76. The first-order chi connectivity index (χ1) is 13.9. The number of hydrazone groups is 1. The smallest absolute Gasteiger partial charge is 0.275 e. The maximum absolute atomic E-state index is 12.3. The van der Waals surface area contributed by atoms with Crippen LogP contribution in [0.2, 0.25) is 10.0 Å². The van der Waals surface area contributed by atoms with Gasteiger partial charge in [0.05, 0.1) is 28.8 Å². The molecule has 0 saturated carbocycles. The number of non-ortho nitro benzene ring substituents is 1. The number of hydrogen-bond donors (Lipinski definition) is 1. The maximum Gasteiger partial charge on any atom is 0.275 e. The molecule has 0 atom stereocenters. The minimum Gasteiger partial charge on any atom is -0.496 e. The van der Waals surface area contributed by atoms with Gasteiger partial charge in [0.15, 0.2) is 0 Å². The molecule has 0 fully saturated rings. The largest absolute Gasteiger partial charge is 0.496 e. The van der Waals surface area contributed by atoms with E-state index in [0.29, 0.717) is 27.1 Å². The third-order valence-electron chi connectivity index (χ3n) is 3.82. The minimum absolute atomic E-state index is 0.0234. The third-order valence-corrected chi connectivity index (χ3v) is 4.38. The lowest BCUT2D eigenvalue weighted by atomic mass is 10.1. The zero-order chi connectivity index (χ0) is 21.0. The van der Waals surface area contributed by atoms with Crippen LogP contribution in [-0.4, -0.2) is 24.2 Å². The number of benzene rings is 2. The minimum atomic E-state index is -0.675. The summed E-state index contributed by atoms with van der Waals surface area (Å²) in [5, 5.41) is 15.7. The van der Waals surface area contributed by atoms with E-state index in [1.807, 2.05) is 0 Å². The number of nitro groups is 1. The Bertz CT molecular complexity index is 1110. The summed E-state index contributed by atoms with van der Waals surface area (Å²) in [6.45, 7) is 0. The van der Waals surface area contributed by atoms with Crippen LogP contribution >= 0.6 is 23.2 Å². The molecule has 3 aromatic rings. The Labute approximate surface area is 174 Å². The fraction of sp³-hybridized carbons (Fsp3) is 0.0526. The van der Waals surface area contributed by atoms with Gasteiger partial charge in [0.1, 0.15) is 17.3 Å². The molecule has 0 unspecified atom stereocenters. The number of ether oxygens (including phenoxy) is 1. The van der Waals surface area contributed by atoms with Crippen molar-refractivity contribution in [3.8, 4) is 17.1 Å². The van der Waals surface area contributed by atoms with Crippen molar-refractivity contribution in [1.29, 1.82) is 0 Å². The fourth-order valence-corrected chi connectivity index (χ4v) is 2.84. The first-order valence-corrected chi connectivity index (χ1v) is 8.85. The number of nitrogens with zero attached hydrogens (tertiary/aromatic N) is 2. The molecule has 0 spiro atoms. The zero-order valence-corrected chi connectivity index (χ0v) is 16.4. The quantitative estimate of drug-likeness (QED) is 0.336. The van der Waals surface area contributed by atoms with Gasteiger partial charge in [-0.3, -0.25) is 14.9 Å². The van der Waals surface area contributed by atoms with Crippen LogP contribution in [0.15, 0.2) is 58.0 Å². The summed E-state index contributed by atoms with van der Waals surface area (Å²) in [7, 11) is 1.35. The van der Waals surface area contributed by atoms with E-state index in [0.717, 1.165) is 6.07 Å². The number of halogens is 2. The van der Waals surface area contributed by atoms with Crippen molar-refractivity contribution in [2.45, 2.75) is 0 Å². The Kier molecular flexibility index (Phi) is 6.16. The van der Waals surface area contributed by atoms with Crippen molar-refractivity contribution in [3.63, 3.8) is 0 Å². The van der Waals surface area contributed by atoms with Gasteiger partial charge >= 0.3 is 0 Å². The normalized spacial score (nSPS) is 10.9. The van der Waals surface area contributed by atoms with Crippen molar-refractivity contribution in [2.24, 2.45) is 5.10 Å². The van der Waals surface area contributed by atoms with Gasteiger partial charge in [-0.15, -0.1) is 0 Å². The molecular formula is C19H13Cl2N3O5. The molecule has 1 aromatic heterocycles. The molecule has 0 saturated heterocycles. The highest BCUT2D eigenvalue weighted by atomic mass is 35.5. The second-order valence-electron chi connectivity index (χ2n) is 5.67. The summed E-state index contributed by atoms with van der Waals surface area (Å²) >= 11 is 12.1. The molecule has 0 bridgehead atoms. The summed E-state index contributed by atoms with van der Waals surface area (Å²) in [5.74, 6) is 0.332. The first-order valence-electron chi connectivity index (χ1n) is 8.10. The lowest BCUT2D eigenvalue weighted by Gasteiger charge is -2.06. The molecule has 148 valence electrons. The lowest BCUT2D eigenvalue weighted by Crippen LogP contribution is -2.18. The van der Waals surface area contributed by atoms with Crippen LogP contribution in [0.1, 0.15) is 16.1 Å². The van der Waals surface area contributed by atoms with Gasteiger partial charge in [0.25, 0.3) is 11.6 Å². The molecule has 0 radical (unpaired) electrons. The zero-order valence-electron chi connectivity index (χ0n) is 14.9. The van der Waals surface area contributed by atoms with E-state index in [1.165, 1.54) is 25.5 Å². The van der Waals surface area contributed by atoms with Crippen LogP contribution in [-0.2, 0) is 0 Å². The van der Waals surface area contributed by atoms with Crippen molar-refractivity contribution >= 4 is 41.0 Å². The number of methoxy groups -OCH3 is 1. The monoisotopic (exact) mass is 433 g/mol. The first kappa shape index (κ1) is 20.4. The topological polar surface area (TPSA) is 107 Å². The highest BCUT2D eigenvalue weighted by molar-refractivity contribution is 6.35. The van der Waals surface area contributed by atoms with Crippen LogP contribution in [0.25, 0.3) is 11.3 Å². The molecule has 29 heavy (non-hydrogen) atoms. The molecule has 2 aromatic carbocycles. The van der Waals surface area contributed by atoms with Gasteiger partial charge < -0.3 is 9.15 Å². The van der Waals surface area contributed by atoms with Crippen LogP contribution in [0.4, 0.5) is 5.69 Å². The molecule has 10 heteroatoms. The van der Waals surface area contributed by atoms with Crippen molar-refractivity contribution in [2.75, 3.05) is 7.11 Å². The Hall–Kier alpha value is -3.36. The van der Waals surface area contributed by atoms with Crippen LogP contribution in [0.3, 0.4) is 0 Å². The molecule has 1 N–H and O–H groups in total. The highest BCUT2D eigenvalue weighted by Crippen LogP contribution is 2.31. The second-order valence-corrected chi connectivity index (χ2v) is 6.51. The number of nitrogens with one attached hydrogen (secondary N) is 1. The van der Waals surface area contributed by atoms with E-state index >= 15 is 0 Å². The van der Waals surface area contributed by atoms with Gasteiger partial charge in [-0.05, 0) is 36.4 Å². The van der Waals surface area contributed by atoms with Crippen LogP contribution in [0, 0.1) is 10.1 Å². The predicted octanol–water partition coefficient (Wildman–Crippen LogP) is 4.93. The summed E-state index contributed by atoms with van der Waals surface area (Å²) in [6, 6.07) is 12.0. The number of nitro benzene ring substituents is 1. The fourth-order valence-electron chi connectivity index (χ4n) is 2.46. The predicted molar refractivity (Wildman–Crippen MR) is 109 cm³/mol. The molecule has 3 rings (SSSR count).